The highest BCUT2D eigenvalue weighted by Gasteiger charge is 2.68. The lowest BCUT2D eigenvalue weighted by Crippen LogP contribution is -2.60. The Kier molecular flexibility index (Phi) is 3.21. The summed E-state index contributed by atoms with van der Waals surface area (Å²) in [6.45, 7) is 1.77. The molecule has 1 N–H and O–H groups in total. The highest BCUT2D eigenvalue weighted by Crippen LogP contribution is 2.46. The number of carbonyl (C=O) groups is 3. The van der Waals surface area contributed by atoms with Crippen LogP contribution in [-0.4, -0.2) is 51.7 Å². The third kappa shape index (κ3) is 1.86. The predicted molar refractivity (Wildman–Crippen MR) is 98.9 cm³/mol. The van der Waals surface area contributed by atoms with Crippen LogP contribution in [0.3, 0.4) is 0 Å². The van der Waals surface area contributed by atoms with Crippen LogP contribution < -0.4 is 10.2 Å². The fourth-order valence-electron chi connectivity index (χ4n) is 4.86. The molecule has 3 unspecified atom stereocenters. The van der Waals surface area contributed by atoms with E-state index >= 15 is 0 Å². The van der Waals surface area contributed by atoms with Crippen LogP contribution in [0.5, 0.6) is 0 Å². The maximum absolute atomic E-state index is 13.3. The Hall–Kier alpha value is -3.33. The normalized spacial score (nSPS) is 28.3. The summed E-state index contributed by atoms with van der Waals surface area (Å²) in [6.07, 6.45) is 0.430. The van der Waals surface area contributed by atoms with E-state index < -0.39 is 28.4 Å². The van der Waals surface area contributed by atoms with E-state index in [1.54, 1.807) is 24.3 Å². The Labute approximate surface area is 159 Å². The van der Waals surface area contributed by atoms with E-state index in [0.29, 0.717) is 29.4 Å². The molecule has 3 heterocycles. The molecule has 142 valence electrons. The number of urea groups is 1. The molecule has 9 nitrogen and oxygen atoms in total. The van der Waals surface area contributed by atoms with Crippen molar-refractivity contribution in [3.05, 3.63) is 46.5 Å². The van der Waals surface area contributed by atoms with Crippen LogP contribution in [0.2, 0.25) is 0 Å². The molecule has 3 amide bonds. The van der Waals surface area contributed by atoms with Crippen LogP contribution >= 0.6 is 0 Å². The smallest absolute Gasteiger partial charge is 0.308 e. The second kappa shape index (κ2) is 5.35. The highest BCUT2D eigenvalue weighted by atomic mass is 16.6. The van der Waals surface area contributed by atoms with Crippen molar-refractivity contribution in [1.82, 2.24) is 10.2 Å². The number of fused-ring (bicyclic) bond motifs is 6. The van der Waals surface area contributed by atoms with E-state index in [1.165, 1.54) is 24.0 Å². The molecule has 3 aliphatic heterocycles. The lowest BCUT2D eigenvalue weighted by molar-refractivity contribution is -0.383. The van der Waals surface area contributed by atoms with Gasteiger partial charge in [0.15, 0.2) is 5.78 Å². The van der Waals surface area contributed by atoms with Crippen molar-refractivity contribution in [2.75, 3.05) is 11.4 Å². The van der Waals surface area contributed by atoms with Crippen molar-refractivity contribution in [2.24, 2.45) is 0 Å². The van der Waals surface area contributed by atoms with Gasteiger partial charge >= 0.3 is 6.03 Å². The summed E-state index contributed by atoms with van der Waals surface area (Å²) in [4.78, 5) is 52.2. The summed E-state index contributed by atoms with van der Waals surface area (Å²) in [5.41, 5.74) is -0.808. The summed E-state index contributed by atoms with van der Waals surface area (Å²) in [6, 6.07) is 7.77. The molecule has 2 aromatic rings. The number of hydrogen-bond donors (Lipinski definition) is 1. The summed E-state index contributed by atoms with van der Waals surface area (Å²) in [7, 11) is 0. The highest BCUT2D eigenvalue weighted by molar-refractivity contribution is 6.26. The summed E-state index contributed by atoms with van der Waals surface area (Å²) in [5, 5.41) is 15.3. The molecule has 28 heavy (non-hydrogen) atoms. The van der Waals surface area contributed by atoms with Crippen molar-refractivity contribution in [1.29, 1.82) is 0 Å². The number of hydrogen-bond acceptors (Lipinski definition) is 6. The van der Waals surface area contributed by atoms with E-state index in [4.69, 9.17) is 0 Å². The Balaban J connectivity index is 1.67. The quantitative estimate of drug-likeness (QED) is 0.491. The monoisotopic (exact) mass is 380 g/mol. The molecule has 0 aliphatic carbocycles. The minimum absolute atomic E-state index is 0.0964. The van der Waals surface area contributed by atoms with E-state index in [-0.39, 0.29) is 17.5 Å². The first-order chi connectivity index (χ1) is 13.4. The molecule has 9 heteroatoms. The van der Waals surface area contributed by atoms with Gasteiger partial charge in [-0.05, 0) is 25.5 Å². The number of ketones is 1. The number of amides is 3. The molecular formula is C19H16N4O5. The van der Waals surface area contributed by atoms with E-state index in [9.17, 15) is 24.5 Å². The molecule has 3 saturated heterocycles. The number of benzene rings is 2. The summed E-state index contributed by atoms with van der Waals surface area (Å²) >= 11 is 0. The lowest BCUT2D eigenvalue weighted by Gasteiger charge is -2.35. The first kappa shape index (κ1) is 16.8. The van der Waals surface area contributed by atoms with E-state index in [0.717, 1.165) is 4.90 Å². The Morgan fingerprint density at radius 1 is 1.21 bits per heavy atom. The molecule has 0 saturated carbocycles. The number of rotatable bonds is 3. The zero-order valence-electron chi connectivity index (χ0n) is 14.9. The summed E-state index contributed by atoms with van der Waals surface area (Å²) < 4.78 is 0. The van der Waals surface area contributed by atoms with Gasteiger partial charge in [-0.2, -0.15) is 0 Å². The van der Waals surface area contributed by atoms with Gasteiger partial charge in [-0.3, -0.25) is 24.6 Å². The van der Waals surface area contributed by atoms with Crippen molar-refractivity contribution in [3.63, 3.8) is 0 Å². The second-order valence-electron chi connectivity index (χ2n) is 7.46. The number of nitrogens with zero attached hydrogens (tertiary/aromatic N) is 3. The van der Waals surface area contributed by atoms with E-state index in [1.807, 2.05) is 0 Å². The fraction of sp³-hybridized carbons (Fsp3) is 0.316. The standard InChI is InChI=1S/C19H16N4O5/c1-10(24)19-8-13(20-9-19)16-17(25)21(18(26)22(16)19)14-6-7-15(23(27)28)12-5-3-2-4-11(12)14/h2-7,13,16,20H,8-9H2,1H3. The number of piperazine rings is 1. The van der Waals surface area contributed by atoms with Gasteiger partial charge < -0.3 is 5.32 Å². The number of nitro groups is 1. The van der Waals surface area contributed by atoms with Gasteiger partial charge in [-0.25, -0.2) is 9.69 Å². The average molecular weight is 380 g/mol. The molecule has 2 aromatic carbocycles. The molecule has 3 aliphatic rings. The number of carbonyl (C=O) groups excluding carboxylic acids is 3. The van der Waals surface area contributed by atoms with Crippen LogP contribution in [0.25, 0.3) is 10.8 Å². The number of Topliss-reactive ketones (excluding diaryl/α,β-unsaturated/α-hetero) is 1. The molecule has 2 bridgehead atoms. The minimum Gasteiger partial charge on any atom is -0.308 e. The lowest BCUT2D eigenvalue weighted by atomic mass is 9.94. The van der Waals surface area contributed by atoms with Crippen molar-refractivity contribution in [3.8, 4) is 0 Å². The molecule has 0 spiro atoms. The van der Waals surface area contributed by atoms with Crippen LogP contribution in [0.15, 0.2) is 36.4 Å². The number of nitro benzene ring substituents is 1. The van der Waals surface area contributed by atoms with Crippen LogP contribution in [0.1, 0.15) is 13.3 Å². The van der Waals surface area contributed by atoms with Gasteiger partial charge in [0.2, 0.25) is 0 Å². The maximum Gasteiger partial charge on any atom is 0.333 e. The van der Waals surface area contributed by atoms with Crippen molar-refractivity contribution >= 4 is 39.9 Å². The Morgan fingerprint density at radius 2 is 1.93 bits per heavy atom. The first-order valence-corrected chi connectivity index (χ1v) is 8.94. The first-order valence-electron chi connectivity index (χ1n) is 8.94. The minimum atomic E-state index is -1.01. The topological polar surface area (TPSA) is 113 Å². The molecule has 3 atom stereocenters. The zero-order valence-corrected chi connectivity index (χ0v) is 14.9. The average Bonchev–Trinajstić information content (AvgIpc) is 3.32. The van der Waals surface area contributed by atoms with Gasteiger partial charge in [0.1, 0.15) is 11.6 Å². The predicted octanol–water partition coefficient (Wildman–Crippen LogP) is 1.59. The second-order valence-corrected chi connectivity index (χ2v) is 7.46. The molecular weight excluding hydrogens is 364 g/mol. The number of imide groups is 1. The van der Waals surface area contributed by atoms with Gasteiger partial charge in [0, 0.05) is 24.0 Å². The largest absolute Gasteiger partial charge is 0.333 e. The van der Waals surface area contributed by atoms with Gasteiger partial charge in [0.05, 0.1) is 16.0 Å². The van der Waals surface area contributed by atoms with Crippen molar-refractivity contribution in [2.45, 2.75) is 31.0 Å². The summed E-state index contributed by atoms with van der Waals surface area (Å²) in [5.74, 6) is -0.564. The van der Waals surface area contributed by atoms with Crippen LogP contribution in [-0.2, 0) is 9.59 Å². The van der Waals surface area contributed by atoms with Gasteiger partial charge in [0.25, 0.3) is 11.6 Å². The molecule has 3 fully saturated rings. The molecule has 0 radical (unpaired) electrons. The Morgan fingerprint density at radius 3 is 2.61 bits per heavy atom. The van der Waals surface area contributed by atoms with Crippen molar-refractivity contribution < 1.29 is 19.3 Å². The number of non-ortho nitro benzene ring substituents is 1. The fourth-order valence-corrected chi connectivity index (χ4v) is 4.86. The number of anilines is 1. The number of nitrogens with one attached hydrogen (secondary N) is 1. The molecule has 5 rings (SSSR count). The molecule has 0 aromatic heterocycles. The zero-order chi connectivity index (χ0) is 19.8. The maximum atomic E-state index is 13.3. The van der Waals surface area contributed by atoms with Crippen LogP contribution in [0.4, 0.5) is 16.2 Å². The Bertz CT molecular complexity index is 1100. The third-order valence-corrected chi connectivity index (χ3v) is 6.18. The van der Waals surface area contributed by atoms with Gasteiger partial charge in [-0.15, -0.1) is 0 Å². The SMILES string of the molecule is CC(=O)C12CNC(C1)C1C(=O)N(c3ccc([N+](=O)[O-])c4ccccc34)C(=O)N12. The van der Waals surface area contributed by atoms with E-state index in [2.05, 4.69) is 5.32 Å². The van der Waals surface area contributed by atoms with Gasteiger partial charge in [-0.1, -0.05) is 18.2 Å². The third-order valence-electron chi connectivity index (χ3n) is 6.18. The van der Waals surface area contributed by atoms with Crippen LogP contribution in [0, 0.1) is 10.1 Å².